The average molecular weight is 395 g/mol. The molecule has 0 saturated carbocycles. The number of carbonyl (C=O) groups is 1. The van der Waals surface area contributed by atoms with E-state index in [0.29, 0.717) is 37.4 Å². The number of hydrogen-bond donors (Lipinski definition) is 1. The first-order chi connectivity index (χ1) is 12.9. The molecule has 1 aromatic carbocycles. The highest BCUT2D eigenvalue weighted by atomic mass is 32.2. The van der Waals surface area contributed by atoms with E-state index < -0.39 is 10.0 Å². The predicted octanol–water partition coefficient (Wildman–Crippen LogP) is 3.25. The van der Waals surface area contributed by atoms with Gasteiger partial charge in [0.25, 0.3) is 0 Å². The average Bonchev–Trinajstić information content (AvgIpc) is 2.64. The van der Waals surface area contributed by atoms with Crippen LogP contribution >= 0.6 is 0 Å². The monoisotopic (exact) mass is 394 g/mol. The summed E-state index contributed by atoms with van der Waals surface area (Å²) in [6.45, 7) is 3.32. The summed E-state index contributed by atoms with van der Waals surface area (Å²) in [7, 11) is -3.42. The molecule has 0 heterocycles. The highest BCUT2D eigenvalue weighted by Crippen LogP contribution is 2.22. The molecule has 1 aliphatic rings. The highest BCUT2D eigenvalue weighted by molar-refractivity contribution is 7.92. The zero-order chi connectivity index (χ0) is 19.7. The van der Waals surface area contributed by atoms with Gasteiger partial charge in [0.05, 0.1) is 18.6 Å². The predicted molar refractivity (Wildman–Crippen MR) is 109 cm³/mol. The molecule has 1 aliphatic carbocycles. The van der Waals surface area contributed by atoms with Gasteiger partial charge in [0, 0.05) is 19.5 Å². The second-order valence-corrected chi connectivity index (χ2v) is 8.66. The normalized spacial score (nSPS) is 14.4. The Kier molecular flexibility index (Phi) is 8.16. The number of nitrogens with one attached hydrogen (secondary N) is 1. The highest BCUT2D eigenvalue weighted by Gasteiger charge is 2.17. The van der Waals surface area contributed by atoms with E-state index in [-0.39, 0.29) is 12.5 Å². The van der Waals surface area contributed by atoms with Crippen LogP contribution in [0.1, 0.15) is 45.4 Å². The summed E-state index contributed by atoms with van der Waals surface area (Å²) in [6, 6.07) is 6.95. The van der Waals surface area contributed by atoms with Gasteiger partial charge in [0.15, 0.2) is 0 Å². The molecule has 1 aromatic rings. The van der Waals surface area contributed by atoms with Gasteiger partial charge in [0.1, 0.15) is 5.75 Å². The fourth-order valence-electron chi connectivity index (χ4n) is 3.11. The quantitative estimate of drug-likeness (QED) is 0.618. The van der Waals surface area contributed by atoms with E-state index in [4.69, 9.17) is 4.74 Å². The molecule has 0 aliphatic heterocycles. The Balaban J connectivity index is 1.85. The van der Waals surface area contributed by atoms with Crippen molar-refractivity contribution in [2.45, 2.75) is 45.4 Å². The molecule has 7 heteroatoms. The van der Waals surface area contributed by atoms with Crippen molar-refractivity contribution in [3.63, 3.8) is 0 Å². The third-order valence-electron chi connectivity index (χ3n) is 4.50. The molecule has 0 aromatic heterocycles. The fraction of sp³-hybridized carbons (Fsp3) is 0.550. The number of nitrogens with zero attached hydrogens (tertiary/aromatic N) is 1. The number of allylic oxidation sites excluding steroid dienone is 1. The standard InChI is InChI=1S/C20H30N2O4S/c1-3-26-19-13-11-18(12-14-19)22(27(2,24)25)15-7-10-20(23)21-16-17-8-5-4-6-9-17/h8,11-14H,3-7,9-10,15-16H2,1-2H3,(H,21,23). The molecule has 0 bridgehead atoms. The van der Waals surface area contributed by atoms with Gasteiger partial charge in [-0.1, -0.05) is 11.6 Å². The second kappa shape index (κ2) is 10.3. The number of amides is 1. The molecular formula is C20H30N2O4S. The van der Waals surface area contributed by atoms with Crippen molar-refractivity contribution in [2.75, 3.05) is 30.3 Å². The third-order valence-corrected chi connectivity index (χ3v) is 5.69. The van der Waals surface area contributed by atoms with Crippen LogP contribution in [-0.2, 0) is 14.8 Å². The van der Waals surface area contributed by atoms with E-state index in [9.17, 15) is 13.2 Å². The van der Waals surface area contributed by atoms with Crippen LogP contribution in [-0.4, -0.2) is 40.3 Å². The summed E-state index contributed by atoms with van der Waals surface area (Å²) in [5.41, 5.74) is 1.87. The van der Waals surface area contributed by atoms with Crippen LogP contribution in [0, 0.1) is 0 Å². The molecule has 0 atom stereocenters. The summed E-state index contributed by atoms with van der Waals surface area (Å²) in [5.74, 6) is 0.660. The van der Waals surface area contributed by atoms with Gasteiger partial charge in [-0.05, 0) is 63.3 Å². The summed E-state index contributed by atoms with van der Waals surface area (Å²) in [6.07, 6.45) is 8.72. The summed E-state index contributed by atoms with van der Waals surface area (Å²) < 4.78 is 31.0. The lowest BCUT2D eigenvalue weighted by molar-refractivity contribution is -0.120. The van der Waals surface area contributed by atoms with Gasteiger partial charge < -0.3 is 10.1 Å². The Labute approximate surface area is 162 Å². The Hall–Kier alpha value is -2.02. The summed E-state index contributed by atoms with van der Waals surface area (Å²) >= 11 is 0. The Morgan fingerprint density at radius 1 is 1.22 bits per heavy atom. The molecule has 0 radical (unpaired) electrons. The van der Waals surface area contributed by atoms with Gasteiger partial charge in [-0.3, -0.25) is 9.10 Å². The molecule has 1 amide bonds. The van der Waals surface area contributed by atoms with Crippen LogP contribution in [0.2, 0.25) is 0 Å². The van der Waals surface area contributed by atoms with E-state index >= 15 is 0 Å². The number of rotatable bonds is 10. The fourth-order valence-corrected chi connectivity index (χ4v) is 4.08. The number of ether oxygens (including phenoxy) is 1. The third kappa shape index (κ3) is 7.25. The van der Waals surface area contributed by atoms with Gasteiger partial charge in [0.2, 0.25) is 15.9 Å². The van der Waals surface area contributed by atoms with Crippen molar-refractivity contribution in [3.05, 3.63) is 35.9 Å². The van der Waals surface area contributed by atoms with Crippen molar-refractivity contribution in [1.82, 2.24) is 5.32 Å². The molecule has 6 nitrogen and oxygen atoms in total. The Bertz CT molecular complexity index is 742. The van der Waals surface area contributed by atoms with Crippen LogP contribution < -0.4 is 14.4 Å². The lowest BCUT2D eigenvalue weighted by Crippen LogP contribution is -2.32. The Morgan fingerprint density at radius 3 is 2.56 bits per heavy atom. The maximum atomic E-state index is 12.1. The molecule has 0 fully saturated rings. The van der Waals surface area contributed by atoms with Crippen LogP contribution in [0.3, 0.4) is 0 Å². The number of hydrogen-bond acceptors (Lipinski definition) is 4. The molecular weight excluding hydrogens is 364 g/mol. The van der Waals surface area contributed by atoms with Gasteiger partial charge in [-0.25, -0.2) is 8.42 Å². The molecule has 27 heavy (non-hydrogen) atoms. The minimum atomic E-state index is -3.42. The molecule has 0 spiro atoms. The lowest BCUT2D eigenvalue weighted by atomic mass is 10.00. The van der Waals surface area contributed by atoms with Crippen LogP contribution in [0.4, 0.5) is 5.69 Å². The van der Waals surface area contributed by atoms with Crippen LogP contribution in [0.5, 0.6) is 5.75 Å². The topological polar surface area (TPSA) is 75.7 Å². The molecule has 2 rings (SSSR count). The van der Waals surface area contributed by atoms with Crippen molar-refractivity contribution in [1.29, 1.82) is 0 Å². The number of benzene rings is 1. The minimum Gasteiger partial charge on any atom is -0.494 e. The summed E-state index contributed by atoms with van der Waals surface area (Å²) in [5, 5.41) is 2.93. The van der Waals surface area contributed by atoms with E-state index in [0.717, 1.165) is 12.8 Å². The maximum Gasteiger partial charge on any atom is 0.232 e. The SMILES string of the molecule is CCOc1ccc(N(CCCC(=O)NCC2=CCCCC2)S(C)(=O)=O)cc1. The van der Waals surface area contributed by atoms with Crippen molar-refractivity contribution in [2.24, 2.45) is 0 Å². The largest absolute Gasteiger partial charge is 0.494 e. The summed E-state index contributed by atoms with van der Waals surface area (Å²) in [4.78, 5) is 12.0. The van der Waals surface area contributed by atoms with Gasteiger partial charge in [-0.2, -0.15) is 0 Å². The second-order valence-electron chi connectivity index (χ2n) is 6.75. The van der Waals surface area contributed by atoms with E-state index in [1.54, 1.807) is 24.3 Å². The number of carbonyl (C=O) groups excluding carboxylic acids is 1. The maximum absolute atomic E-state index is 12.1. The van der Waals surface area contributed by atoms with Crippen LogP contribution in [0.25, 0.3) is 0 Å². The first-order valence-electron chi connectivity index (χ1n) is 9.55. The van der Waals surface area contributed by atoms with Gasteiger partial charge >= 0.3 is 0 Å². The molecule has 1 N–H and O–H groups in total. The smallest absolute Gasteiger partial charge is 0.232 e. The molecule has 150 valence electrons. The van der Waals surface area contributed by atoms with E-state index in [2.05, 4.69) is 11.4 Å². The van der Waals surface area contributed by atoms with Gasteiger partial charge in [-0.15, -0.1) is 0 Å². The number of sulfonamides is 1. The zero-order valence-electron chi connectivity index (χ0n) is 16.2. The lowest BCUT2D eigenvalue weighted by Gasteiger charge is -2.22. The minimum absolute atomic E-state index is 0.0402. The first-order valence-corrected chi connectivity index (χ1v) is 11.4. The Morgan fingerprint density at radius 2 is 1.96 bits per heavy atom. The molecule has 0 unspecified atom stereocenters. The van der Waals surface area contributed by atoms with E-state index in [1.165, 1.54) is 29.0 Å². The first kappa shape index (κ1) is 21.3. The molecule has 0 saturated heterocycles. The van der Waals surface area contributed by atoms with Crippen molar-refractivity contribution in [3.8, 4) is 5.75 Å². The van der Waals surface area contributed by atoms with Crippen LogP contribution in [0.15, 0.2) is 35.9 Å². The zero-order valence-corrected chi connectivity index (χ0v) is 17.1. The number of anilines is 1. The van der Waals surface area contributed by atoms with E-state index in [1.807, 2.05) is 6.92 Å². The van der Waals surface area contributed by atoms with Crippen molar-refractivity contribution >= 4 is 21.6 Å². The van der Waals surface area contributed by atoms with Crippen molar-refractivity contribution < 1.29 is 17.9 Å².